The molecule has 1 aromatic heterocycles. The molecule has 2 atom stereocenters. The van der Waals surface area contributed by atoms with Crippen LogP contribution in [0.5, 0.6) is 5.75 Å². The molecule has 10 rings (SSSR count). The molecule has 3 amide bonds. The lowest BCUT2D eigenvalue weighted by atomic mass is 9.61. The predicted octanol–water partition coefficient (Wildman–Crippen LogP) is 6.15. The third kappa shape index (κ3) is 7.18. The van der Waals surface area contributed by atoms with Crippen LogP contribution in [0.2, 0.25) is 0 Å². The van der Waals surface area contributed by atoms with Crippen molar-refractivity contribution in [3.8, 4) is 11.4 Å². The van der Waals surface area contributed by atoms with Gasteiger partial charge in [0.05, 0.1) is 28.8 Å². The number of anilines is 1. The first-order valence-electron chi connectivity index (χ1n) is 21.0. The van der Waals surface area contributed by atoms with Crippen molar-refractivity contribution in [2.75, 3.05) is 31.1 Å². The number of hydrogen-bond donors (Lipinski definition) is 1. The molecule has 0 radical (unpaired) electrons. The Balaban J connectivity index is 0.716. The van der Waals surface area contributed by atoms with Crippen molar-refractivity contribution in [3.63, 3.8) is 0 Å². The third-order valence-corrected chi connectivity index (χ3v) is 13.3. The summed E-state index contributed by atoms with van der Waals surface area (Å²) in [7, 11) is 0. The maximum Gasteiger partial charge on any atom is 0.265 e. The maximum atomic E-state index is 13.6. The fraction of sp³-hybridized carbons (Fsp3) is 0.383. The highest BCUT2D eigenvalue weighted by Crippen LogP contribution is 2.51. The molecular formula is C47H48N6O6. The normalized spacial score (nSPS) is 22.4. The summed E-state index contributed by atoms with van der Waals surface area (Å²) in [4.78, 5) is 63.1. The van der Waals surface area contributed by atoms with Crippen molar-refractivity contribution in [1.29, 1.82) is 0 Å². The van der Waals surface area contributed by atoms with Gasteiger partial charge in [-0.15, -0.1) is 0 Å². The lowest BCUT2D eigenvalue weighted by molar-refractivity contribution is -0.143. The molecule has 1 spiro atoms. The average molecular weight is 793 g/mol. The highest BCUT2D eigenvalue weighted by molar-refractivity contribution is 6.05. The summed E-state index contributed by atoms with van der Waals surface area (Å²) < 4.78 is 14.3. The molecule has 5 heterocycles. The Morgan fingerprint density at radius 3 is 2.25 bits per heavy atom. The standard InChI is InChI=1S/C47H48N6O6/c54-42-17-16-41(43(55)49-42)53-44(37-8-4-5-9-38(37)46(53)57)51-22-18-34(19-23-51)59-36-27-47(28-36)20-24-50(25-21-47)32-10-12-33(13-11-32)52-30-48-40-15-14-35(26-39(40)45(52)56)58-29-31-6-2-1-3-7-31/h1-15,26,30,34,36,41,44H,16-25,27-29H2,(H,49,54,55). The van der Waals surface area contributed by atoms with E-state index in [-0.39, 0.29) is 48.1 Å². The molecule has 12 nitrogen and oxygen atoms in total. The Morgan fingerprint density at radius 2 is 1.49 bits per heavy atom. The van der Waals surface area contributed by atoms with Gasteiger partial charge in [0.15, 0.2) is 0 Å². The van der Waals surface area contributed by atoms with Gasteiger partial charge in [0.25, 0.3) is 11.5 Å². The number of nitrogens with zero attached hydrogens (tertiary/aromatic N) is 5. The monoisotopic (exact) mass is 792 g/mol. The first kappa shape index (κ1) is 37.4. The molecule has 1 aliphatic carbocycles. The molecule has 0 bridgehead atoms. The number of fused-ring (bicyclic) bond motifs is 2. The zero-order valence-corrected chi connectivity index (χ0v) is 33.0. The second-order valence-corrected chi connectivity index (χ2v) is 16.9. The Kier molecular flexibility index (Phi) is 9.76. The number of likely N-dealkylation sites (tertiary alicyclic amines) is 1. The first-order chi connectivity index (χ1) is 28.8. The van der Waals surface area contributed by atoms with Crippen molar-refractivity contribution in [1.82, 2.24) is 24.7 Å². The van der Waals surface area contributed by atoms with Gasteiger partial charge in [0.1, 0.15) is 30.9 Å². The summed E-state index contributed by atoms with van der Waals surface area (Å²) in [6.45, 7) is 3.93. The minimum absolute atomic E-state index is 0.132. The number of nitrogens with one attached hydrogen (secondary N) is 1. The molecule has 4 aliphatic heterocycles. The van der Waals surface area contributed by atoms with E-state index in [9.17, 15) is 19.2 Å². The zero-order valence-electron chi connectivity index (χ0n) is 33.0. The van der Waals surface area contributed by atoms with Crippen LogP contribution in [0, 0.1) is 5.41 Å². The number of hydrogen-bond acceptors (Lipinski definition) is 9. The van der Waals surface area contributed by atoms with Gasteiger partial charge >= 0.3 is 0 Å². The summed E-state index contributed by atoms with van der Waals surface area (Å²) in [5, 5.41) is 2.96. The summed E-state index contributed by atoms with van der Waals surface area (Å²) >= 11 is 0. The topological polar surface area (TPSA) is 126 Å². The maximum absolute atomic E-state index is 13.6. The molecule has 1 N–H and O–H groups in total. The van der Waals surface area contributed by atoms with E-state index < -0.39 is 6.04 Å². The summed E-state index contributed by atoms with van der Waals surface area (Å²) in [6.07, 6.45) is 8.46. The minimum atomic E-state index is -0.663. The predicted molar refractivity (Wildman–Crippen MR) is 222 cm³/mol. The Morgan fingerprint density at radius 1 is 0.763 bits per heavy atom. The molecule has 3 saturated heterocycles. The van der Waals surface area contributed by atoms with E-state index in [1.807, 2.05) is 78.9 Å². The molecule has 1 saturated carbocycles. The fourth-order valence-corrected chi connectivity index (χ4v) is 10.1. The van der Waals surface area contributed by atoms with Crippen molar-refractivity contribution < 1.29 is 23.9 Å². The molecule has 2 unspecified atom stereocenters. The van der Waals surface area contributed by atoms with Crippen LogP contribution >= 0.6 is 0 Å². The van der Waals surface area contributed by atoms with E-state index in [0.717, 1.165) is 87.2 Å². The number of rotatable bonds is 9. The van der Waals surface area contributed by atoms with Gasteiger partial charge in [0.2, 0.25) is 11.8 Å². The van der Waals surface area contributed by atoms with E-state index in [1.54, 1.807) is 21.9 Å². The van der Waals surface area contributed by atoms with Gasteiger partial charge in [-0.05, 0) is 104 Å². The number of ether oxygens (including phenoxy) is 2. The smallest absolute Gasteiger partial charge is 0.265 e. The fourth-order valence-electron chi connectivity index (χ4n) is 10.1. The molecule has 12 heteroatoms. The molecule has 4 aromatic carbocycles. The van der Waals surface area contributed by atoms with Gasteiger partial charge in [-0.2, -0.15) is 0 Å². The van der Waals surface area contributed by atoms with Gasteiger partial charge in [-0.25, -0.2) is 4.98 Å². The van der Waals surface area contributed by atoms with E-state index in [2.05, 4.69) is 32.2 Å². The molecule has 4 fully saturated rings. The summed E-state index contributed by atoms with van der Waals surface area (Å²) in [5.74, 6) is -0.178. The van der Waals surface area contributed by atoms with Crippen LogP contribution in [0.4, 0.5) is 5.69 Å². The van der Waals surface area contributed by atoms with Crippen molar-refractivity contribution in [2.45, 2.75) is 82.4 Å². The highest BCUT2D eigenvalue weighted by atomic mass is 16.5. The number of carbonyl (C=O) groups is 3. The van der Waals surface area contributed by atoms with Crippen LogP contribution < -0.4 is 20.5 Å². The molecule has 5 aromatic rings. The number of imide groups is 1. The largest absolute Gasteiger partial charge is 0.489 e. The molecule has 302 valence electrons. The van der Waals surface area contributed by atoms with Crippen LogP contribution in [0.3, 0.4) is 0 Å². The SMILES string of the molecule is O=C1CCC(N2C(=O)c3ccccc3C2N2CCC(OC3CC4(CCN(c5ccc(-n6cnc7ccc(OCc8ccccc8)cc7c6=O)cc5)CC4)C3)CC2)C(=O)N1. The number of carbonyl (C=O) groups excluding carboxylic acids is 3. The van der Waals surface area contributed by atoms with Crippen molar-refractivity contribution >= 4 is 34.3 Å². The number of benzene rings is 4. The van der Waals surface area contributed by atoms with E-state index >= 15 is 0 Å². The number of aromatic nitrogens is 2. The second kappa shape index (κ2) is 15.4. The molecule has 5 aliphatic rings. The van der Waals surface area contributed by atoms with Gasteiger partial charge in [-0.1, -0.05) is 48.5 Å². The van der Waals surface area contributed by atoms with E-state index in [1.165, 1.54) is 0 Å². The van der Waals surface area contributed by atoms with Crippen LogP contribution in [-0.2, 0) is 20.9 Å². The summed E-state index contributed by atoms with van der Waals surface area (Å²) in [5.41, 5.74) is 5.39. The van der Waals surface area contributed by atoms with Crippen LogP contribution in [0.15, 0.2) is 108 Å². The second-order valence-electron chi connectivity index (χ2n) is 16.9. The van der Waals surface area contributed by atoms with Crippen LogP contribution in [0.25, 0.3) is 16.6 Å². The van der Waals surface area contributed by atoms with Crippen molar-refractivity contribution in [3.05, 3.63) is 130 Å². The van der Waals surface area contributed by atoms with Gasteiger partial charge in [-0.3, -0.25) is 34.0 Å². The Bertz CT molecular complexity index is 2450. The minimum Gasteiger partial charge on any atom is -0.489 e. The Hall–Kier alpha value is -5.85. The van der Waals surface area contributed by atoms with Crippen LogP contribution in [0.1, 0.15) is 79.0 Å². The lowest BCUT2D eigenvalue weighted by Crippen LogP contribution is -2.56. The van der Waals surface area contributed by atoms with Crippen molar-refractivity contribution in [2.24, 2.45) is 5.41 Å². The highest BCUT2D eigenvalue weighted by Gasteiger charge is 2.49. The number of piperidine rings is 3. The number of amides is 3. The molecular weight excluding hydrogens is 745 g/mol. The van der Waals surface area contributed by atoms with E-state index in [4.69, 9.17) is 9.47 Å². The quantitative estimate of drug-likeness (QED) is 0.175. The first-order valence-corrected chi connectivity index (χ1v) is 21.0. The Labute approximate surface area is 342 Å². The van der Waals surface area contributed by atoms with Gasteiger partial charge < -0.3 is 19.3 Å². The zero-order chi connectivity index (χ0) is 40.1. The average Bonchev–Trinajstić information content (AvgIpc) is 3.55. The lowest BCUT2D eigenvalue weighted by Gasteiger charge is -2.53. The van der Waals surface area contributed by atoms with Crippen LogP contribution in [-0.4, -0.2) is 81.5 Å². The molecule has 59 heavy (non-hydrogen) atoms. The summed E-state index contributed by atoms with van der Waals surface area (Å²) in [6, 6.07) is 30.6. The van der Waals surface area contributed by atoms with Gasteiger partial charge in [0, 0.05) is 49.4 Å². The van der Waals surface area contributed by atoms with E-state index in [0.29, 0.717) is 40.7 Å². The third-order valence-electron chi connectivity index (χ3n) is 13.3.